The minimum atomic E-state index is -1.44. The summed E-state index contributed by atoms with van der Waals surface area (Å²) >= 11 is 3.92. The fourth-order valence-corrected chi connectivity index (χ4v) is 7.08. The molecule has 0 aliphatic carbocycles. The van der Waals surface area contributed by atoms with Crippen molar-refractivity contribution in [3.8, 4) is 0 Å². The van der Waals surface area contributed by atoms with Crippen LogP contribution in [0.2, 0.25) is 0 Å². The molecule has 2 amide bonds. The number of aliphatic carboxylic acids is 1. The van der Waals surface area contributed by atoms with Crippen LogP contribution < -0.4 is 45.7 Å². The molecule has 3 N–H and O–H groups in total. The first-order chi connectivity index (χ1) is 18.9. The summed E-state index contributed by atoms with van der Waals surface area (Å²) in [5.41, 5.74) is 6.90. The molecule has 0 spiro atoms. The molecule has 5 rings (SSSR count). The molecule has 40 heavy (non-hydrogen) atoms. The first kappa shape index (κ1) is 30.4. The van der Waals surface area contributed by atoms with Gasteiger partial charge in [-0.25, -0.2) is 9.97 Å². The molecule has 1 saturated heterocycles. The molecule has 0 aromatic carbocycles. The molecular weight excluding hydrogens is 589 g/mol. The number of β-lactam (4-membered cyclic amide) rings is 1. The number of aromatic nitrogens is 3. The summed E-state index contributed by atoms with van der Waals surface area (Å²) in [7, 11) is 1.50. The summed E-state index contributed by atoms with van der Waals surface area (Å²) in [6, 6.07) is 4.68. The number of rotatable bonds is 11. The number of carbonyl (C=O) groups excluding carboxylic acids is 3. The Hall–Kier alpha value is -2.60. The van der Waals surface area contributed by atoms with Gasteiger partial charge in [0.2, 0.25) is 0 Å². The van der Waals surface area contributed by atoms with E-state index in [4.69, 9.17) is 15.3 Å². The van der Waals surface area contributed by atoms with Gasteiger partial charge in [0.05, 0.1) is 23.3 Å². The fraction of sp³-hybridized carbons (Fsp3) is 0.304. The standard InChI is InChI=1S/C23H23N7O6S3.Na/c1-35-7-8-36-28-16(13-11-39-23(24)26-13)19(31)27-17-20(32)30-18(22(33)34)12(10-38-21(17)30)9-37-15-4-2-3-14-25-5-6-29(14)15;/h2-6,11,17,21H,7-10H2,1H3,(H2,24,26)(H,27,31)(H,33,34);/q;+1/p-1/b28-16-;/t17-,21+;/m1./s1. The number of carbonyl (C=O) groups is 3. The van der Waals surface area contributed by atoms with Crippen molar-refractivity contribution in [3.63, 3.8) is 0 Å². The molecule has 3 aromatic rings. The SMILES string of the molecule is COCCO/N=C(\C(=O)N[C@@H]1C(=O)N2C(C(=O)[O-])=C(CSc3cccc4nccn34)CS[C@@H]12)c1csc(N)n1.[Na+]. The van der Waals surface area contributed by atoms with E-state index in [0.717, 1.165) is 22.0 Å². The number of hydrogen-bond donors (Lipinski definition) is 2. The molecule has 0 unspecified atom stereocenters. The Bertz CT molecular complexity index is 1490. The average Bonchev–Trinajstić information content (AvgIpc) is 3.59. The van der Waals surface area contributed by atoms with Crippen LogP contribution in [-0.2, 0) is 24.0 Å². The van der Waals surface area contributed by atoms with Gasteiger partial charge < -0.3 is 30.5 Å². The van der Waals surface area contributed by atoms with Crippen LogP contribution >= 0.6 is 34.9 Å². The van der Waals surface area contributed by atoms with E-state index in [9.17, 15) is 19.5 Å². The summed E-state index contributed by atoms with van der Waals surface area (Å²) in [4.78, 5) is 53.0. The number of amides is 2. The minimum absolute atomic E-state index is 0. The van der Waals surface area contributed by atoms with Crippen LogP contribution in [-0.4, -0.2) is 86.0 Å². The Kier molecular flexibility index (Phi) is 10.2. The van der Waals surface area contributed by atoms with Gasteiger partial charge in [-0.15, -0.1) is 34.9 Å². The van der Waals surface area contributed by atoms with Crippen molar-refractivity contribution < 1.29 is 58.6 Å². The quantitative estimate of drug-likeness (QED) is 0.0562. The first-order valence-corrected chi connectivity index (χ1v) is 14.4. The summed E-state index contributed by atoms with van der Waals surface area (Å²) in [5, 5.41) is 20.7. The topological polar surface area (TPSA) is 177 Å². The molecule has 1 fully saturated rings. The van der Waals surface area contributed by atoms with E-state index in [1.807, 2.05) is 28.8 Å². The van der Waals surface area contributed by atoms with Gasteiger partial charge in [0.25, 0.3) is 11.8 Å². The van der Waals surface area contributed by atoms with Crippen molar-refractivity contribution >= 4 is 69.1 Å². The molecule has 3 aromatic heterocycles. The second kappa shape index (κ2) is 13.4. The predicted octanol–water partition coefficient (Wildman–Crippen LogP) is -3.06. The van der Waals surface area contributed by atoms with Crippen molar-refractivity contribution in [1.29, 1.82) is 0 Å². The number of carboxylic acid groups (broad SMARTS) is 1. The maximum absolute atomic E-state index is 13.1. The van der Waals surface area contributed by atoms with Gasteiger partial charge in [-0.05, 0) is 17.7 Å². The van der Waals surface area contributed by atoms with Crippen molar-refractivity contribution in [2.24, 2.45) is 5.16 Å². The number of thioether (sulfide) groups is 2. The minimum Gasteiger partial charge on any atom is -0.543 e. The van der Waals surface area contributed by atoms with Gasteiger partial charge in [-0.2, -0.15) is 0 Å². The van der Waals surface area contributed by atoms with Crippen LogP contribution in [0.3, 0.4) is 0 Å². The van der Waals surface area contributed by atoms with Crippen LogP contribution in [0.5, 0.6) is 0 Å². The molecule has 13 nitrogen and oxygen atoms in total. The maximum atomic E-state index is 13.1. The zero-order valence-corrected chi connectivity index (χ0v) is 25.9. The van der Waals surface area contributed by atoms with Crippen molar-refractivity contribution in [3.05, 3.63) is 52.9 Å². The van der Waals surface area contributed by atoms with Crippen molar-refractivity contribution in [1.82, 2.24) is 24.6 Å². The van der Waals surface area contributed by atoms with E-state index in [2.05, 4.69) is 20.4 Å². The number of carboxylic acids is 1. The van der Waals surface area contributed by atoms with Gasteiger partial charge in [-0.1, -0.05) is 11.2 Å². The number of anilines is 1. The van der Waals surface area contributed by atoms with Crippen LogP contribution in [0, 0.1) is 0 Å². The Morgan fingerprint density at radius 1 is 1.35 bits per heavy atom. The second-order valence-electron chi connectivity index (χ2n) is 8.25. The maximum Gasteiger partial charge on any atom is 1.00 e. The molecular formula is C23H22N7NaO6S3. The number of hydrogen-bond acceptors (Lipinski definition) is 13. The monoisotopic (exact) mass is 611 g/mol. The Morgan fingerprint density at radius 3 is 2.90 bits per heavy atom. The number of nitrogens with zero attached hydrogens (tertiary/aromatic N) is 5. The third kappa shape index (κ3) is 6.17. The first-order valence-electron chi connectivity index (χ1n) is 11.5. The van der Waals surface area contributed by atoms with E-state index in [1.165, 1.54) is 35.5 Å². The van der Waals surface area contributed by atoms with Gasteiger partial charge >= 0.3 is 29.6 Å². The average molecular weight is 612 g/mol. The number of oxime groups is 1. The molecule has 17 heteroatoms. The Morgan fingerprint density at radius 2 is 2.17 bits per heavy atom. The molecule has 204 valence electrons. The zero-order valence-electron chi connectivity index (χ0n) is 21.4. The third-order valence-corrected chi connectivity index (χ3v) is 8.96. The molecule has 0 bridgehead atoms. The number of nitrogen functional groups attached to an aromatic ring is 1. The Balaban J connectivity index is 0.00000370. The van der Waals surface area contributed by atoms with E-state index in [-0.39, 0.29) is 65.0 Å². The zero-order chi connectivity index (χ0) is 27.5. The fourth-order valence-electron chi connectivity index (χ4n) is 4.02. The molecule has 2 aliphatic rings. The van der Waals surface area contributed by atoms with Crippen LogP contribution in [0.25, 0.3) is 5.65 Å². The van der Waals surface area contributed by atoms with E-state index in [0.29, 0.717) is 17.1 Å². The van der Waals surface area contributed by atoms with E-state index < -0.39 is 29.2 Å². The second-order valence-corrected chi connectivity index (χ2v) is 11.2. The number of imidazole rings is 1. The van der Waals surface area contributed by atoms with Gasteiger partial charge in [0.1, 0.15) is 29.4 Å². The van der Waals surface area contributed by atoms with Crippen LogP contribution in [0.15, 0.2) is 57.4 Å². The van der Waals surface area contributed by atoms with Crippen molar-refractivity contribution in [2.45, 2.75) is 16.4 Å². The Labute approximate surface area is 262 Å². The largest absolute Gasteiger partial charge is 1.00 e. The molecule has 2 aliphatic heterocycles. The molecule has 5 heterocycles. The number of thiazole rings is 1. The van der Waals surface area contributed by atoms with Gasteiger partial charge in [-0.3, -0.25) is 18.9 Å². The molecule has 0 radical (unpaired) electrons. The summed E-state index contributed by atoms with van der Waals surface area (Å²) in [6.45, 7) is 0.347. The normalized spacial score (nSPS) is 18.7. The predicted molar refractivity (Wildman–Crippen MR) is 144 cm³/mol. The number of nitrogens with one attached hydrogen (secondary N) is 1. The third-order valence-electron chi connectivity index (χ3n) is 5.83. The van der Waals surface area contributed by atoms with Crippen molar-refractivity contribution in [2.75, 3.05) is 37.6 Å². The van der Waals surface area contributed by atoms with Crippen LogP contribution in [0.1, 0.15) is 5.69 Å². The van der Waals surface area contributed by atoms with E-state index >= 15 is 0 Å². The van der Waals surface area contributed by atoms with Gasteiger partial charge in [0.15, 0.2) is 10.8 Å². The summed E-state index contributed by atoms with van der Waals surface area (Å²) in [5.74, 6) is -2.02. The number of methoxy groups -OCH3 is 1. The van der Waals surface area contributed by atoms with Gasteiger partial charge in [0, 0.05) is 36.4 Å². The summed E-state index contributed by atoms with van der Waals surface area (Å²) < 4.78 is 6.81. The number of fused-ring (bicyclic) bond motifs is 2. The smallest absolute Gasteiger partial charge is 0.543 e. The number of nitrogens with two attached hydrogens (primary N) is 1. The summed E-state index contributed by atoms with van der Waals surface area (Å²) in [6.07, 6.45) is 3.51. The molecule has 0 saturated carbocycles. The molecule has 2 atom stereocenters. The number of ether oxygens (including phenoxy) is 1. The van der Waals surface area contributed by atoms with Crippen LogP contribution in [0.4, 0.5) is 5.13 Å². The van der Waals surface area contributed by atoms with E-state index in [1.54, 1.807) is 11.6 Å². The number of pyridine rings is 1.